The van der Waals surface area contributed by atoms with Crippen LogP contribution in [0.4, 0.5) is 0 Å². The molecule has 3 nitrogen and oxygen atoms in total. The molecule has 0 N–H and O–H groups in total. The van der Waals surface area contributed by atoms with Gasteiger partial charge in [0.05, 0.1) is 5.25 Å². The summed E-state index contributed by atoms with van der Waals surface area (Å²) in [5.74, 6) is 0.422. The molecule has 1 atom stereocenters. The van der Waals surface area contributed by atoms with Crippen molar-refractivity contribution in [1.29, 1.82) is 0 Å². The molecule has 0 saturated carbocycles. The highest BCUT2D eigenvalue weighted by Crippen LogP contribution is 2.28. The molecule has 1 fully saturated rings. The third-order valence-corrected chi connectivity index (χ3v) is 5.24. The van der Waals surface area contributed by atoms with E-state index in [1.807, 2.05) is 0 Å². The molecular formula is C10H21NO2S. The summed E-state index contributed by atoms with van der Waals surface area (Å²) in [4.78, 5) is 0. The molecule has 1 unspecified atom stereocenters. The lowest BCUT2D eigenvalue weighted by atomic mass is 10.0. The predicted octanol–water partition coefficient (Wildman–Crippen LogP) is 1.84. The minimum atomic E-state index is -3.04. The standard InChI is InChI=1S/C10H21NO2S/c1-8(2)10-6-5-7-11(10)14(12,13)9(3)4/h8-10H,5-7H2,1-4H3. The molecule has 0 aliphatic carbocycles. The Morgan fingerprint density at radius 2 is 1.79 bits per heavy atom. The highest BCUT2D eigenvalue weighted by atomic mass is 32.2. The number of sulfonamides is 1. The minimum absolute atomic E-state index is 0.224. The number of nitrogens with zero attached hydrogens (tertiary/aromatic N) is 1. The molecule has 1 aliphatic heterocycles. The number of hydrogen-bond acceptors (Lipinski definition) is 2. The summed E-state index contributed by atoms with van der Waals surface area (Å²) in [6.45, 7) is 8.41. The smallest absolute Gasteiger partial charge is 0.212 e. The van der Waals surface area contributed by atoms with E-state index in [2.05, 4.69) is 13.8 Å². The third-order valence-electron chi connectivity index (χ3n) is 2.94. The quantitative estimate of drug-likeness (QED) is 0.726. The van der Waals surface area contributed by atoms with Crippen LogP contribution < -0.4 is 0 Å². The lowest BCUT2D eigenvalue weighted by Gasteiger charge is -2.28. The van der Waals surface area contributed by atoms with Gasteiger partial charge in [0.15, 0.2) is 0 Å². The van der Waals surface area contributed by atoms with Crippen molar-refractivity contribution in [2.24, 2.45) is 5.92 Å². The fourth-order valence-electron chi connectivity index (χ4n) is 2.02. The van der Waals surface area contributed by atoms with Crippen LogP contribution in [0.25, 0.3) is 0 Å². The Bertz CT molecular complexity index is 282. The third kappa shape index (κ3) is 2.11. The molecule has 0 aromatic carbocycles. The van der Waals surface area contributed by atoms with Gasteiger partial charge in [-0.25, -0.2) is 8.42 Å². The number of rotatable bonds is 3. The first-order chi connectivity index (χ1) is 6.37. The van der Waals surface area contributed by atoms with Gasteiger partial charge in [-0.3, -0.25) is 0 Å². The molecule has 0 radical (unpaired) electrons. The van der Waals surface area contributed by atoms with Crippen molar-refractivity contribution in [3.8, 4) is 0 Å². The molecule has 1 heterocycles. The van der Waals surface area contributed by atoms with Crippen molar-refractivity contribution >= 4 is 10.0 Å². The molecule has 1 aliphatic rings. The van der Waals surface area contributed by atoms with Crippen LogP contribution in [-0.2, 0) is 10.0 Å². The van der Waals surface area contributed by atoms with Gasteiger partial charge in [-0.15, -0.1) is 0 Å². The molecule has 1 rings (SSSR count). The predicted molar refractivity (Wildman–Crippen MR) is 58.6 cm³/mol. The largest absolute Gasteiger partial charge is 0.216 e. The second-order valence-corrected chi connectivity index (χ2v) is 7.10. The molecule has 0 aromatic heterocycles. The second-order valence-electron chi connectivity index (χ2n) is 4.66. The zero-order chi connectivity index (χ0) is 10.9. The molecule has 0 spiro atoms. The molecule has 0 amide bonds. The van der Waals surface area contributed by atoms with Gasteiger partial charge in [-0.1, -0.05) is 13.8 Å². The van der Waals surface area contributed by atoms with Crippen LogP contribution in [0, 0.1) is 5.92 Å². The maximum Gasteiger partial charge on any atom is 0.216 e. The average Bonchev–Trinajstić information content (AvgIpc) is 2.51. The van der Waals surface area contributed by atoms with Crippen LogP contribution in [0.5, 0.6) is 0 Å². The van der Waals surface area contributed by atoms with Gasteiger partial charge in [-0.05, 0) is 32.6 Å². The first-order valence-electron chi connectivity index (χ1n) is 5.38. The highest BCUT2D eigenvalue weighted by Gasteiger charge is 2.37. The van der Waals surface area contributed by atoms with Gasteiger partial charge in [0, 0.05) is 12.6 Å². The maximum absolute atomic E-state index is 12.0. The van der Waals surface area contributed by atoms with E-state index in [-0.39, 0.29) is 11.3 Å². The zero-order valence-corrected chi connectivity index (χ0v) is 10.3. The lowest BCUT2D eigenvalue weighted by Crippen LogP contribution is -2.42. The summed E-state index contributed by atoms with van der Waals surface area (Å²) < 4.78 is 25.7. The highest BCUT2D eigenvalue weighted by molar-refractivity contribution is 7.89. The van der Waals surface area contributed by atoms with Gasteiger partial charge in [0.25, 0.3) is 0 Å². The van der Waals surface area contributed by atoms with E-state index in [4.69, 9.17) is 0 Å². The fourth-order valence-corrected chi connectivity index (χ4v) is 3.67. The van der Waals surface area contributed by atoms with Crippen molar-refractivity contribution in [1.82, 2.24) is 4.31 Å². The van der Waals surface area contributed by atoms with E-state index in [1.165, 1.54) is 0 Å². The van der Waals surface area contributed by atoms with Crippen molar-refractivity contribution in [2.75, 3.05) is 6.54 Å². The van der Waals surface area contributed by atoms with Crippen molar-refractivity contribution in [3.05, 3.63) is 0 Å². The SMILES string of the molecule is CC(C)C1CCCN1S(=O)(=O)C(C)C. The summed E-state index contributed by atoms with van der Waals surface area (Å²) in [6.07, 6.45) is 2.03. The molecular weight excluding hydrogens is 198 g/mol. The van der Waals surface area contributed by atoms with Gasteiger partial charge in [0.1, 0.15) is 0 Å². The van der Waals surface area contributed by atoms with Gasteiger partial charge < -0.3 is 0 Å². The van der Waals surface area contributed by atoms with Gasteiger partial charge in [0.2, 0.25) is 10.0 Å². The van der Waals surface area contributed by atoms with Crippen LogP contribution in [0.3, 0.4) is 0 Å². The Labute approximate surface area is 87.5 Å². The monoisotopic (exact) mass is 219 g/mol. The summed E-state index contributed by atoms with van der Waals surface area (Å²) in [7, 11) is -3.04. The molecule has 84 valence electrons. The molecule has 0 aromatic rings. The first-order valence-corrected chi connectivity index (χ1v) is 6.88. The van der Waals surface area contributed by atoms with Gasteiger partial charge >= 0.3 is 0 Å². The van der Waals surface area contributed by atoms with E-state index >= 15 is 0 Å². The summed E-state index contributed by atoms with van der Waals surface area (Å²) in [5, 5.41) is -0.290. The molecule has 14 heavy (non-hydrogen) atoms. The van der Waals surface area contributed by atoms with Crippen molar-refractivity contribution < 1.29 is 8.42 Å². The van der Waals surface area contributed by atoms with Crippen molar-refractivity contribution in [3.63, 3.8) is 0 Å². The Morgan fingerprint density at radius 3 is 2.21 bits per heavy atom. The molecule has 4 heteroatoms. The topological polar surface area (TPSA) is 37.4 Å². The summed E-state index contributed by atoms with van der Waals surface area (Å²) in [6, 6.07) is 0.224. The lowest BCUT2D eigenvalue weighted by molar-refractivity contribution is 0.313. The van der Waals surface area contributed by atoms with Crippen LogP contribution in [0.15, 0.2) is 0 Å². The van der Waals surface area contributed by atoms with E-state index < -0.39 is 10.0 Å². The summed E-state index contributed by atoms with van der Waals surface area (Å²) in [5.41, 5.74) is 0. The molecule has 1 saturated heterocycles. The first kappa shape index (κ1) is 12.0. The number of hydrogen-bond donors (Lipinski definition) is 0. The van der Waals surface area contributed by atoms with Crippen LogP contribution >= 0.6 is 0 Å². The summed E-state index contributed by atoms with van der Waals surface area (Å²) >= 11 is 0. The van der Waals surface area contributed by atoms with Crippen LogP contribution in [0.2, 0.25) is 0 Å². The Balaban J connectivity index is 2.87. The maximum atomic E-state index is 12.0. The Morgan fingerprint density at radius 1 is 1.21 bits per heavy atom. The minimum Gasteiger partial charge on any atom is -0.212 e. The van der Waals surface area contributed by atoms with E-state index in [9.17, 15) is 8.42 Å². The Hall–Kier alpha value is -0.0900. The van der Waals surface area contributed by atoms with Gasteiger partial charge in [-0.2, -0.15) is 4.31 Å². The zero-order valence-electron chi connectivity index (χ0n) is 9.53. The van der Waals surface area contributed by atoms with Crippen LogP contribution in [-0.4, -0.2) is 30.6 Å². The van der Waals surface area contributed by atoms with E-state index in [0.29, 0.717) is 12.5 Å². The fraction of sp³-hybridized carbons (Fsp3) is 1.00. The normalized spacial score (nSPS) is 25.1. The second kappa shape index (κ2) is 4.19. The average molecular weight is 219 g/mol. The molecule has 0 bridgehead atoms. The van der Waals surface area contributed by atoms with Crippen molar-refractivity contribution in [2.45, 2.75) is 51.8 Å². The van der Waals surface area contributed by atoms with E-state index in [1.54, 1.807) is 18.2 Å². The van der Waals surface area contributed by atoms with E-state index in [0.717, 1.165) is 12.8 Å². The van der Waals surface area contributed by atoms with Crippen LogP contribution in [0.1, 0.15) is 40.5 Å². The Kier molecular flexibility index (Phi) is 3.58.